The molecule has 0 saturated heterocycles. The molecule has 0 aromatic heterocycles. The first-order valence-corrected chi connectivity index (χ1v) is 6.34. The molecule has 2 rings (SSSR count). The van der Waals surface area contributed by atoms with E-state index in [1.807, 2.05) is 24.3 Å². The Morgan fingerprint density at radius 2 is 1.95 bits per heavy atom. The molecule has 0 aliphatic heterocycles. The number of hydrogen-bond acceptors (Lipinski definition) is 2. The fraction of sp³-hybridized carbons (Fsp3) is 0.125. The summed E-state index contributed by atoms with van der Waals surface area (Å²) in [6, 6.07) is 11.9. The van der Waals surface area contributed by atoms with Gasteiger partial charge in [-0.3, -0.25) is 0 Å². The maximum atomic E-state index is 13.7. The molecule has 0 bridgehead atoms. The van der Waals surface area contributed by atoms with E-state index < -0.39 is 5.82 Å². The molecule has 2 nitrogen and oxygen atoms in total. The molecular formula is C16H12ClFO2. The zero-order valence-electron chi connectivity index (χ0n) is 10.6. The van der Waals surface area contributed by atoms with Gasteiger partial charge in [0.15, 0.2) is 11.6 Å². The van der Waals surface area contributed by atoms with Crippen LogP contribution in [0.15, 0.2) is 42.5 Å². The van der Waals surface area contributed by atoms with Gasteiger partial charge in [-0.15, -0.1) is 0 Å². The molecule has 1 N–H and O–H groups in total. The van der Waals surface area contributed by atoms with Crippen molar-refractivity contribution in [3.05, 3.63) is 64.4 Å². The first-order valence-electron chi connectivity index (χ1n) is 5.97. The smallest absolute Gasteiger partial charge is 0.183 e. The first-order chi connectivity index (χ1) is 9.72. The van der Waals surface area contributed by atoms with Crippen molar-refractivity contribution in [3.8, 4) is 17.6 Å². The first kappa shape index (κ1) is 14.4. The molecule has 0 fully saturated rings. The summed E-state index contributed by atoms with van der Waals surface area (Å²) >= 11 is 5.69. The van der Waals surface area contributed by atoms with E-state index in [-0.39, 0.29) is 24.0 Å². The van der Waals surface area contributed by atoms with Crippen molar-refractivity contribution < 1.29 is 14.2 Å². The van der Waals surface area contributed by atoms with Gasteiger partial charge in [0.1, 0.15) is 13.2 Å². The van der Waals surface area contributed by atoms with Crippen molar-refractivity contribution in [1.29, 1.82) is 0 Å². The van der Waals surface area contributed by atoms with Crippen molar-refractivity contribution >= 4 is 11.6 Å². The van der Waals surface area contributed by atoms with Gasteiger partial charge in [-0.05, 0) is 18.2 Å². The third kappa shape index (κ3) is 3.51. The molecule has 20 heavy (non-hydrogen) atoms. The summed E-state index contributed by atoms with van der Waals surface area (Å²) in [5, 5.41) is 8.75. The second kappa shape index (κ2) is 6.95. The Labute approximate surface area is 121 Å². The van der Waals surface area contributed by atoms with Gasteiger partial charge in [-0.25, -0.2) is 4.39 Å². The highest BCUT2D eigenvalue weighted by Gasteiger charge is 2.08. The number of rotatable bonds is 3. The summed E-state index contributed by atoms with van der Waals surface area (Å²) in [5.41, 5.74) is 1.55. The summed E-state index contributed by atoms with van der Waals surface area (Å²) in [7, 11) is 0. The predicted molar refractivity (Wildman–Crippen MR) is 76.1 cm³/mol. The van der Waals surface area contributed by atoms with Gasteiger partial charge in [0, 0.05) is 11.1 Å². The van der Waals surface area contributed by atoms with E-state index in [4.69, 9.17) is 21.4 Å². The van der Waals surface area contributed by atoms with Crippen LogP contribution in [0.25, 0.3) is 0 Å². The molecule has 2 aromatic carbocycles. The molecule has 2 aromatic rings. The highest BCUT2D eigenvalue weighted by molar-refractivity contribution is 6.30. The van der Waals surface area contributed by atoms with Gasteiger partial charge in [0.25, 0.3) is 0 Å². The summed E-state index contributed by atoms with van der Waals surface area (Å²) in [4.78, 5) is 0. The molecule has 0 aliphatic carbocycles. The largest absolute Gasteiger partial charge is 0.486 e. The van der Waals surface area contributed by atoms with E-state index in [1.165, 1.54) is 12.1 Å². The van der Waals surface area contributed by atoms with Crippen LogP contribution in [0.2, 0.25) is 5.02 Å². The van der Waals surface area contributed by atoms with Crippen LogP contribution in [-0.4, -0.2) is 11.7 Å². The minimum Gasteiger partial charge on any atom is -0.486 e. The number of hydrogen-bond donors (Lipinski definition) is 1. The SMILES string of the molecule is OCC#Cc1ccccc1COc1cccc(Cl)c1F. The zero-order valence-corrected chi connectivity index (χ0v) is 11.3. The molecule has 0 heterocycles. The Morgan fingerprint density at radius 1 is 1.15 bits per heavy atom. The Morgan fingerprint density at radius 3 is 2.75 bits per heavy atom. The molecule has 0 spiro atoms. The minimum atomic E-state index is -0.576. The molecule has 4 heteroatoms. The molecule has 0 amide bonds. The van der Waals surface area contributed by atoms with E-state index in [0.29, 0.717) is 0 Å². The average Bonchev–Trinajstić information content (AvgIpc) is 2.47. The lowest BCUT2D eigenvalue weighted by Crippen LogP contribution is -2.00. The summed E-state index contributed by atoms with van der Waals surface area (Å²) in [6.07, 6.45) is 0. The van der Waals surface area contributed by atoms with Crippen LogP contribution in [-0.2, 0) is 6.61 Å². The van der Waals surface area contributed by atoms with Gasteiger partial charge in [0.05, 0.1) is 5.02 Å². The Hall–Kier alpha value is -2.02. The van der Waals surface area contributed by atoms with Crippen LogP contribution in [0.1, 0.15) is 11.1 Å². The molecular weight excluding hydrogens is 279 g/mol. The number of ether oxygens (including phenoxy) is 1. The van der Waals surface area contributed by atoms with Crippen LogP contribution in [0.5, 0.6) is 5.75 Å². The van der Waals surface area contributed by atoms with Gasteiger partial charge in [0.2, 0.25) is 0 Å². The van der Waals surface area contributed by atoms with Crippen molar-refractivity contribution in [2.75, 3.05) is 6.61 Å². The molecule has 0 radical (unpaired) electrons. The van der Waals surface area contributed by atoms with E-state index in [0.717, 1.165) is 11.1 Å². The topological polar surface area (TPSA) is 29.5 Å². The normalized spacial score (nSPS) is 9.75. The van der Waals surface area contributed by atoms with E-state index in [1.54, 1.807) is 6.07 Å². The molecule has 0 saturated carbocycles. The number of aliphatic hydroxyl groups excluding tert-OH is 1. The highest BCUT2D eigenvalue weighted by Crippen LogP contribution is 2.25. The van der Waals surface area contributed by atoms with Crippen LogP contribution in [0.4, 0.5) is 4.39 Å². The van der Waals surface area contributed by atoms with Gasteiger partial charge in [-0.1, -0.05) is 47.7 Å². The van der Waals surface area contributed by atoms with Gasteiger partial charge >= 0.3 is 0 Å². The Bertz CT molecular complexity index is 659. The van der Waals surface area contributed by atoms with Crippen LogP contribution in [0.3, 0.4) is 0 Å². The van der Waals surface area contributed by atoms with Crippen LogP contribution < -0.4 is 4.74 Å². The van der Waals surface area contributed by atoms with Gasteiger partial charge in [-0.2, -0.15) is 0 Å². The third-order valence-corrected chi connectivity index (χ3v) is 2.91. The van der Waals surface area contributed by atoms with E-state index in [9.17, 15) is 4.39 Å². The fourth-order valence-corrected chi connectivity index (χ4v) is 1.82. The second-order valence-electron chi connectivity index (χ2n) is 3.96. The van der Waals surface area contributed by atoms with E-state index in [2.05, 4.69) is 11.8 Å². The highest BCUT2D eigenvalue weighted by atomic mass is 35.5. The number of halogens is 2. The predicted octanol–water partition coefficient (Wildman–Crippen LogP) is 3.40. The summed E-state index contributed by atoms with van der Waals surface area (Å²) in [6.45, 7) is -0.0361. The lowest BCUT2D eigenvalue weighted by molar-refractivity contribution is 0.290. The number of aliphatic hydroxyl groups is 1. The van der Waals surface area contributed by atoms with Gasteiger partial charge < -0.3 is 9.84 Å². The quantitative estimate of drug-likeness (QED) is 0.878. The minimum absolute atomic E-state index is 0.0239. The third-order valence-electron chi connectivity index (χ3n) is 2.62. The molecule has 0 unspecified atom stereocenters. The zero-order chi connectivity index (χ0) is 14.4. The standard InChI is InChI=1S/C16H12ClFO2/c17-14-8-3-9-15(16(14)18)20-11-13-6-2-1-5-12(13)7-4-10-19/h1-3,5-6,8-9,19H,10-11H2. The lowest BCUT2D eigenvalue weighted by Gasteiger charge is -2.09. The van der Waals surface area contributed by atoms with Crippen LogP contribution >= 0.6 is 11.6 Å². The van der Waals surface area contributed by atoms with Crippen molar-refractivity contribution in [1.82, 2.24) is 0 Å². The van der Waals surface area contributed by atoms with Crippen molar-refractivity contribution in [3.63, 3.8) is 0 Å². The lowest BCUT2D eigenvalue weighted by atomic mass is 10.1. The average molecular weight is 291 g/mol. The second-order valence-corrected chi connectivity index (χ2v) is 4.36. The maximum Gasteiger partial charge on any atom is 0.183 e. The maximum absolute atomic E-state index is 13.7. The molecule has 0 aliphatic rings. The Balaban J connectivity index is 2.17. The fourth-order valence-electron chi connectivity index (χ4n) is 1.65. The van der Waals surface area contributed by atoms with Crippen LogP contribution in [0, 0.1) is 17.7 Å². The molecule has 0 atom stereocenters. The summed E-state index contributed by atoms with van der Waals surface area (Å²) < 4.78 is 19.1. The summed E-state index contributed by atoms with van der Waals surface area (Å²) in [5.74, 6) is 4.93. The monoisotopic (exact) mass is 290 g/mol. The van der Waals surface area contributed by atoms with Crippen molar-refractivity contribution in [2.45, 2.75) is 6.61 Å². The number of benzene rings is 2. The van der Waals surface area contributed by atoms with Crippen molar-refractivity contribution in [2.24, 2.45) is 0 Å². The molecule has 102 valence electrons. The van der Waals surface area contributed by atoms with E-state index >= 15 is 0 Å². The Kier molecular flexibility index (Phi) is 5.00.